The number of ether oxygens (including phenoxy) is 2. The van der Waals surface area contributed by atoms with Gasteiger partial charge >= 0.3 is 0 Å². The second kappa shape index (κ2) is 6.88. The third-order valence-corrected chi connectivity index (χ3v) is 2.03. The Balaban J connectivity index is 2.38. The number of hydrogen-bond acceptors (Lipinski definition) is 4. The van der Waals surface area contributed by atoms with E-state index in [1.165, 1.54) is 0 Å². The Kier molecular flexibility index (Phi) is 5.45. The van der Waals surface area contributed by atoms with Gasteiger partial charge in [0.25, 0.3) is 5.91 Å². The fourth-order valence-corrected chi connectivity index (χ4v) is 1.36. The van der Waals surface area contributed by atoms with Gasteiger partial charge in [0.1, 0.15) is 12.4 Å². The van der Waals surface area contributed by atoms with Crippen LogP contribution in [0.2, 0.25) is 0 Å². The molecule has 1 aromatic carbocycles. The minimum absolute atomic E-state index is 0.0240. The van der Waals surface area contributed by atoms with Gasteiger partial charge in [-0.2, -0.15) is 0 Å². The van der Waals surface area contributed by atoms with Crippen LogP contribution in [0.5, 0.6) is 5.75 Å². The molecule has 17 heavy (non-hydrogen) atoms. The molecule has 5 nitrogen and oxygen atoms in total. The summed E-state index contributed by atoms with van der Waals surface area (Å²) in [5, 5.41) is 1.58. The molecular formula is C12H18N2O3. The number of methoxy groups -OCH3 is 1. The van der Waals surface area contributed by atoms with Crippen molar-refractivity contribution >= 4 is 5.91 Å². The lowest BCUT2D eigenvalue weighted by Gasteiger charge is -2.12. The zero-order valence-electron chi connectivity index (χ0n) is 10.4. The van der Waals surface area contributed by atoms with Gasteiger partial charge in [0.05, 0.1) is 13.7 Å². The minimum atomic E-state index is -0.176. The van der Waals surface area contributed by atoms with Crippen molar-refractivity contribution in [3.8, 4) is 5.75 Å². The van der Waals surface area contributed by atoms with Crippen molar-refractivity contribution in [2.75, 3.05) is 27.8 Å². The summed E-state index contributed by atoms with van der Waals surface area (Å²) >= 11 is 0. The van der Waals surface area contributed by atoms with Crippen LogP contribution in [0.4, 0.5) is 0 Å². The third kappa shape index (κ3) is 4.84. The second-order valence-corrected chi connectivity index (χ2v) is 3.73. The first-order valence-corrected chi connectivity index (χ1v) is 5.30. The molecule has 94 valence electrons. The van der Waals surface area contributed by atoms with Gasteiger partial charge in [0, 0.05) is 19.7 Å². The smallest absolute Gasteiger partial charge is 0.260 e. The summed E-state index contributed by atoms with van der Waals surface area (Å²) in [4.78, 5) is 11.3. The first kappa shape index (κ1) is 13.5. The summed E-state index contributed by atoms with van der Waals surface area (Å²) in [6.45, 7) is 0.376. The molecule has 1 aromatic rings. The Labute approximate surface area is 101 Å². The molecule has 0 aliphatic rings. The van der Waals surface area contributed by atoms with E-state index in [-0.39, 0.29) is 12.5 Å². The van der Waals surface area contributed by atoms with E-state index in [1.54, 1.807) is 26.2 Å². The van der Waals surface area contributed by atoms with E-state index < -0.39 is 0 Å². The average molecular weight is 238 g/mol. The van der Waals surface area contributed by atoms with E-state index in [1.807, 2.05) is 24.3 Å². The molecule has 1 rings (SSSR count). The van der Waals surface area contributed by atoms with Crippen LogP contribution in [0.1, 0.15) is 5.56 Å². The fourth-order valence-electron chi connectivity index (χ4n) is 1.36. The lowest BCUT2D eigenvalue weighted by Crippen LogP contribution is -2.38. The van der Waals surface area contributed by atoms with Crippen LogP contribution in [0.25, 0.3) is 0 Å². The monoisotopic (exact) mass is 238 g/mol. The molecule has 0 radical (unpaired) electrons. The van der Waals surface area contributed by atoms with Crippen molar-refractivity contribution in [1.29, 1.82) is 0 Å². The number of rotatable bonds is 6. The van der Waals surface area contributed by atoms with Crippen LogP contribution >= 0.6 is 0 Å². The van der Waals surface area contributed by atoms with E-state index in [0.29, 0.717) is 6.61 Å². The van der Waals surface area contributed by atoms with E-state index in [2.05, 4.69) is 5.43 Å². The standard InChI is InChI=1S/C12H18N2O3/c1-14(2)13-12(15)9-17-8-10-6-4-5-7-11(10)16-3/h4-7H,8-9H2,1-3H3,(H,13,15). The predicted molar refractivity (Wildman–Crippen MR) is 64.5 cm³/mol. The molecular weight excluding hydrogens is 220 g/mol. The third-order valence-electron chi connectivity index (χ3n) is 2.03. The summed E-state index contributed by atoms with van der Waals surface area (Å²) in [6, 6.07) is 7.56. The number of amides is 1. The number of para-hydroxylation sites is 1. The topological polar surface area (TPSA) is 50.8 Å². The van der Waals surface area contributed by atoms with Crippen molar-refractivity contribution in [2.24, 2.45) is 0 Å². The quantitative estimate of drug-likeness (QED) is 0.745. The molecule has 0 fully saturated rings. The van der Waals surface area contributed by atoms with Crippen LogP contribution in [0.3, 0.4) is 0 Å². The Morgan fingerprint density at radius 3 is 2.71 bits per heavy atom. The SMILES string of the molecule is COc1ccccc1COCC(=O)NN(C)C. The van der Waals surface area contributed by atoms with E-state index in [9.17, 15) is 4.79 Å². The summed E-state index contributed by atoms with van der Waals surface area (Å²) in [5.41, 5.74) is 3.52. The number of carbonyl (C=O) groups excluding carboxylic acids is 1. The van der Waals surface area contributed by atoms with Gasteiger partial charge in [-0.1, -0.05) is 18.2 Å². The molecule has 0 atom stereocenters. The van der Waals surface area contributed by atoms with Gasteiger partial charge in [0.2, 0.25) is 0 Å². The van der Waals surface area contributed by atoms with E-state index >= 15 is 0 Å². The zero-order valence-corrected chi connectivity index (χ0v) is 10.4. The van der Waals surface area contributed by atoms with Gasteiger partial charge in [-0.25, -0.2) is 5.01 Å². The highest BCUT2D eigenvalue weighted by atomic mass is 16.5. The second-order valence-electron chi connectivity index (χ2n) is 3.73. The van der Waals surface area contributed by atoms with Gasteiger partial charge in [-0.3, -0.25) is 10.2 Å². The molecule has 0 unspecified atom stereocenters. The molecule has 0 aliphatic heterocycles. The molecule has 0 saturated carbocycles. The highest BCUT2D eigenvalue weighted by Crippen LogP contribution is 2.17. The normalized spacial score (nSPS) is 10.4. The van der Waals surface area contributed by atoms with Crippen molar-refractivity contribution in [2.45, 2.75) is 6.61 Å². The van der Waals surface area contributed by atoms with Gasteiger partial charge in [-0.05, 0) is 6.07 Å². The highest BCUT2D eigenvalue weighted by Gasteiger charge is 2.05. The molecule has 0 spiro atoms. The maximum atomic E-state index is 11.3. The molecule has 0 heterocycles. The van der Waals surface area contributed by atoms with E-state index in [0.717, 1.165) is 11.3 Å². The number of benzene rings is 1. The number of nitrogens with one attached hydrogen (secondary N) is 1. The first-order chi connectivity index (χ1) is 8.13. The molecule has 0 aliphatic carbocycles. The average Bonchev–Trinajstić information content (AvgIpc) is 2.28. The molecule has 5 heteroatoms. The van der Waals surface area contributed by atoms with E-state index in [4.69, 9.17) is 9.47 Å². The van der Waals surface area contributed by atoms with Crippen LogP contribution in [-0.4, -0.2) is 38.7 Å². The van der Waals surface area contributed by atoms with Gasteiger partial charge in [-0.15, -0.1) is 0 Å². The number of nitrogens with zero attached hydrogens (tertiary/aromatic N) is 1. The number of hydrazine groups is 1. The van der Waals surface area contributed by atoms with Crippen molar-refractivity contribution in [3.05, 3.63) is 29.8 Å². The number of hydrogen-bond donors (Lipinski definition) is 1. The molecule has 0 aromatic heterocycles. The Morgan fingerprint density at radius 2 is 2.06 bits per heavy atom. The predicted octanol–water partition coefficient (Wildman–Crippen LogP) is 0.805. The molecule has 0 bridgehead atoms. The lowest BCUT2D eigenvalue weighted by molar-refractivity contribution is -0.129. The largest absolute Gasteiger partial charge is 0.496 e. The first-order valence-electron chi connectivity index (χ1n) is 5.30. The molecule has 0 saturated heterocycles. The minimum Gasteiger partial charge on any atom is -0.496 e. The van der Waals surface area contributed by atoms with Crippen LogP contribution in [0, 0.1) is 0 Å². The Hall–Kier alpha value is -1.59. The molecule has 1 N–H and O–H groups in total. The maximum absolute atomic E-state index is 11.3. The van der Waals surface area contributed by atoms with Crippen LogP contribution < -0.4 is 10.2 Å². The Morgan fingerprint density at radius 1 is 1.35 bits per heavy atom. The van der Waals surface area contributed by atoms with Crippen LogP contribution in [0.15, 0.2) is 24.3 Å². The maximum Gasteiger partial charge on any atom is 0.260 e. The summed E-state index contributed by atoms with van der Waals surface area (Å²) in [5.74, 6) is 0.588. The lowest BCUT2D eigenvalue weighted by atomic mass is 10.2. The van der Waals surface area contributed by atoms with Crippen molar-refractivity contribution < 1.29 is 14.3 Å². The Bertz CT molecular complexity index is 367. The summed E-state index contributed by atoms with van der Waals surface area (Å²) in [7, 11) is 5.10. The number of carbonyl (C=O) groups is 1. The van der Waals surface area contributed by atoms with Crippen molar-refractivity contribution in [1.82, 2.24) is 10.4 Å². The summed E-state index contributed by atoms with van der Waals surface area (Å²) in [6.07, 6.45) is 0. The molecule has 1 amide bonds. The zero-order chi connectivity index (χ0) is 12.7. The summed E-state index contributed by atoms with van der Waals surface area (Å²) < 4.78 is 10.5. The fraction of sp³-hybridized carbons (Fsp3) is 0.417. The van der Waals surface area contributed by atoms with Crippen molar-refractivity contribution in [3.63, 3.8) is 0 Å². The van der Waals surface area contributed by atoms with Gasteiger partial charge in [0.15, 0.2) is 0 Å². The van der Waals surface area contributed by atoms with Gasteiger partial charge < -0.3 is 9.47 Å². The van der Waals surface area contributed by atoms with Crippen LogP contribution in [-0.2, 0) is 16.1 Å². The highest BCUT2D eigenvalue weighted by molar-refractivity contribution is 5.76.